The van der Waals surface area contributed by atoms with Crippen LogP contribution in [0, 0.1) is 13.8 Å². The first kappa shape index (κ1) is 15.9. The Kier molecular flexibility index (Phi) is 4.66. The summed E-state index contributed by atoms with van der Waals surface area (Å²) in [6.45, 7) is 5.74. The molecule has 0 saturated heterocycles. The number of aryl methyl sites for hydroxylation is 2. The minimum absolute atomic E-state index is 0.0103. The molecular formula is C15H17ClN2O2S. The van der Waals surface area contributed by atoms with Crippen LogP contribution in [0.3, 0.4) is 0 Å². The quantitative estimate of drug-likeness (QED) is 0.937. The van der Waals surface area contributed by atoms with Gasteiger partial charge in [0.2, 0.25) is 10.0 Å². The maximum Gasteiger partial charge on any atom is 0.244 e. The van der Waals surface area contributed by atoms with Crippen molar-refractivity contribution >= 4 is 21.6 Å². The molecular weight excluding hydrogens is 308 g/mol. The third-order valence-corrected chi connectivity index (χ3v) is 5.27. The van der Waals surface area contributed by atoms with Crippen molar-refractivity contribution < 1.29 is 8.42 Å². The van der Waals surface area contributed by atoms with Crippen molar-refractivity contribution in [2.24, 2.45) is 0 Å². The topological polar surface area (TPSA) is 59.1 Å². The lowest BCUT2D eigenvalue weighted by molar-refractivity contribution is 0.566. The summed E-state index contributed by atoms with van der Waals surface area (Å²) in [5, 5.41) is 0.158. The lowest BCUT2D eigenvalue weighted by atomic mass is 10.0. The summed E-state index contributed by atoms with van der Waals surface area (Å²) < 4.78 is 27.4. The van der Waals surface area contributed by atoms with Crippen molar-refractivity contribution in [3.05, 3.63) is 58.4 Å². The Bertz CT molecular complexity index is 760. The SMILES string of the molecule is Cc1ccc(C)c(C(C)NS(=O)(=O)c2cnccc2Cl)c1. The summed E-state index contributed by atoms with van der Waals surface area (Å²) >= 11 is 5.94. The number of aromatic nitrogens is 1. The fraction of sp³-hybridized carbons (Fsp3) is 0.267. The summed E-state index contributed by atoms with van der Waals surface area (Å²) in [6.07, 6.45) is 2.70. The van der Waals surface area contributed by atoms with E-state index >= 15 is 0 Å². The Morgan fingerprint density at radius 1 is 1.24 bits per heavy atom. The zero-order valence-electron chi connectivity index (χ0n) is 12.1. The number of nitrogens with zero attached hydrogens (tertiary/aromatic N) is 1. The zero-order chi connectivity index (χ0) is 15.6. The standard InChI is InChI=1S/C15H17ClN2O2S/c1-10-4-5-11(2)13(8-10)12(3)18-21(19,20)15-9-17-7-6-14(15)16/h4-9,12,18H,1-3H3. The second-order valence-electron chi connectivity index (χ2n) is 5.01. The highest BCUT2D eigenvalue weighted by atomic mass is 35.5. The molecule has 21 heavy (non-hydrogen) atoms. The van der Waals surface area contributed by atoms with E-state index in [9.17, 15) is 8.42 Å². The van der Waals surface area contributed by atoms with Gasteiger partial charge in [-0.1, -0.05) is 35.4 Å². The molecule has 0 bridgehead atoms. The van der Waals surface area contributed by atoms with Gasteiger partial charge in [-0.2, -0.15) is 0 Å². The average molecular weight is 325 g/mol. The Hall–Kier alpha value is -1.43. The van der Waals surface area contributed by atoms with Crippen molar-refractivity contribution in [3.8, 4) is 0 Å². The van der Waals surface area contributed by atoms with E-state index < -0.39 is 10.0 Å². The first-order chi connectivity index (χ1) is 9.81. The van der Waals surface area contributed by atoms with Gasteiger partial charge in [0, 0.05) is 18.4 Å². The molecule has 1 N–H and O–H groups in total. The molecule has 112 valence electrons. The molecule has 0 fully saturated rings. The van der Waals surface area contributed by atoms with Crippen molar-refractivity contribution in [1.82, 2.24) is 9.71 Å². The first-order valence-electron chi connectivity index (χ1n) is 6.50. The van der Waals surface area contributed by atoms with E-state index in [1.54, 1.807) is 0 Å². The van der Waals surface area contributed by atoms with Crippen LogP contribution in [0.1, 0.15) is 29.7 Å². The second kappa shape index (κ2) is 6.13. The molecule has 1 atom stereocenters. The summed E-state index contributed by atoms with van der Waals surface area (Å²) in [4.78, 5) is 3.81. The third kappa shape index (κ3) is 3.61. The van der Waals surface area contributed by atoms with E-state index in [-0.39, 0.29) is 16.0 Å². The monoisotopic (exact) mass is 324 g/mol. The average Bonchev–Trinajstić information content (AvgIpc) is 2.41. The molecule has 0 aliphatic carbocycles. The van der Waals surface area contributed by atoms with Gasteiger partial charge < -0.3 is 0 Å². The number of benzene rings is 1. The molecule has 2 rings (SSSR count). The summed E-state index contributed by atoms with van der Waals surface area (Å²) in [5.74, 6) is 0. The van der Waals surface area contributed by atoms with Crippen LogP contribution >= 0.6 is 11.6 Å². The molecule has 1 heterocycles. The van der Waals surface area contributed by atoms with Crippen LogP contribution in [0.2, 0.25) is 5.02 Å². The number of nitrogens with one attached hydrogen (secondary N) is 1. The number of halogens is 1. The van der Waals surface area contributed by atoms with Gasteiger partial charge in [0.25, 0.3) is 0 Å². The molecule has 2 aromatic rings. The van der Waals surface area contributed by atoms with Crippen LogP contribution in [0.25, 0.3) is 0 Å². The Balaban J connectivity index is 2.33. The van der Waals surface area contributed by atoms with Gasteiger partial charge in [-0.15, -0.1) is 0 Å². The van der Waals surface area contributed by atoms with Crippen molar-refractivity contribution in [2.75, 3.05) is 0 Å². The molecule has 6 heteroatoms. The van der Waals surface area contributed by atoms with Gasteiger partial charge in [0.15, 0.2) is 0 Å². The van der Waals surface area contributed by atoms with E-state index in [0.29, 0.717) is 0 Å². The smallest absolute Gasteiger partial charge is 0.244 e. The van der Waals surface area contributed by atoms with Crippen LogP contribution < -0.4 is 4.72 Å². The predicted octanol–water partition coefficient (Wildman–Crippen LogP) is 3.39. The minimum atomic E-state index is -3.71. The molecule has 0 saturated carbocycles. The Morgan fingerprint density at radius 3 is 2.62 bits per heavy atom. The highest BCUT2D eigenvalue weighted by Crippen LogP contribution is 2.24. The molecule has 0 spiro atoms. The maximum atomic E-state index is 12.4. The van der Waals surface area contributed by atoms with Gasteiger partial charge in [0.05, 0.1) is 5.02 Å². The molecule has 4 nitrogen and oxygen atoms in total. The third-order valence-electron chi connectivity index (χ3n) is 3.26. The highest BCUT2D eigenvalue weighted by Gasteiger charge is 2.22. The van der Waals surface area contributed by atoms with Crippen LogP contribution in [0.4, 0.5) is 0 Å². The van der Waals surface area contributed by atoms with E-state index in [2.05, 4.69) is 9.71 Å². The van der Waals surface area contributed by atoms with Crippen molar-refractivity contribution in [2.45, 2.75) is 31.7 Å². The summed E-state index contributed by atoms with van der Waals surface area (Å²) in [5.41, 5.74) is 3.06. The lowest BCUT2D eigenvalue weighted by Crippen LogP contribution is -2.27. The van der Waals surface area contributed by atoms with Gasteiger partial charge >= 0.3 is 0 Å². The normalized spacial score (nSPS) is 13.1. The maximum absolute atomic E-state index is 12.4. The number of hydrogen-bond acceptors (Lipinski definition) is 3. The number of rotatable bonds is 4. The summed E-state index contributed by atoms with van der Waals surface area (Å²) in [6, 6.07) is 7.06. The molecule has 1 aromatic heterocycles. The zero-order valence-corrected chi connectivity index (χ0v) is 13.7. The highest BCUT2D eigenvalue weighted by molar-refractivity contribution is 7.89. The van der Waals surface area contributed by atoms with Gasteiger partial charge in [0.1, 0.15) is 4.90 Å². The van der Waals surface area contributed by atoms with E-state index in [0.717, 1.165) is 16.7 Å². The largest absolute Gasteiger partial charge is 0.263 e. The molecule has 1 unspecified atom stereocenters. The molecule has 1 aromatic carbocycles. The predicted molar refractivity (Wildman–Crippen MR) is 83.9 cm³/mol. The fourth-order valence-corrected chi connectivity index (χ4v) is 3.80. The number of pyridine rings is 1. The Morgan fingerprint density at radius 2 is 1.95 bits per heavy atom. The lowest BCUT2D eigenvalue weighted by Gasteiger charge is -2.17. The van der Waals surface area contributed by atoms with Gasteiger partial charge in [-0.05, 0) is 38.0 Å². The van der Waals surface area contributed by atoms with Crippen LogP contribution in [0.5, 0.6) is 0 Å². The molecule has 0 aliphatic rings. The first-order valence-corrected chi connectivity index (χ1v) is 8.36. The Labute approximate surface area is 130 Å². The fourth-order valence-electron chi connectivity index (χ4n) is 2.15. The van der Waals surface area contributed by atoms with Crippen molar-refractivity contribution in [3.63, 3.8) is 0 Å². The van der Waals surface area contributed by atoms with Gasteiger partial charge in [-0.3, -0.25) is 4.98 Å². The molecule has 0 aliphatic heterocycles. The number of hydrogen-bond donors (Lipinski definition) is 1. The molecule has 0 radical (unpaired) electrons. The molecule has 0 amide bonds. The second-order valence-corrected chi connectivity index (χ2v) is 7.10. The number of sulfonamides is 1. The minimum Gasteiger partial charge on any atom is -0.263 e. The van der Waals surface area contributed by atoms with Crippen LogP contribution in [-0.2, 0) is 10.0 Å². The van der Waals surface area contributed by atoms with E-state index in [4.69, 9.17) is 11.6 Å². The van der Waals surface area contributed by atoms with Gasteiger partial charge in [-0.25, -0.2) is 13.1 Å². The van der Waals surface area contributed by atoms with Crippen LogP contribution in [-0.4, -0.2) is 13.4 Å². The summed E-state index contributed by atoms with van der Waals surface area (Å²) in [7, 11) is -3.71. The van der Waals surface area contributed by atoms with E-state index in [1.165, 1.54) is 18.5 Å². The van der Waals surface area contributed by atoms with Crippen LogP contribution in [0.15, 0.2) is 41.6 Å². The van der Waals surface area contributed by atoms with Crippen molar-refractivity contribution in [1.29, 1.82) is 0 Å². The van der Waals surface area contributed by atoms with E-state index in [1.807, 2.05) is 39.0 Å².